The molecule has 2 rings (SSSR count). The molecular weight excluding hydrogens is 228 g/mol. The van der Waals surface area contributed by atoms with E-state index in [1.54, 1.807) is 13.8 Å². The predicted molar refractivity (Wildman–Crippen MR) is 60.9 cm³/mol. The van der Waals surface area contributed by atoms with Gasteiger partial charge in [0.2, 0.25) is 0 Å². The van der Waals surface area contributed by atoms with Crippen molar-refractivity contribution < 1.29 is 9.53 Å². The number of H-pyrrole nitrogens is 1. The van der Waals surface area contributed by atoms with E-state index in [0.717, 1.165) is 4.88 Å². The average Bonchev–Trinajstić information content (AvgIpc) is 2.56. The Hall–Kier alpha value is -1.69. The number of aromatic amines is 1. The molecule has 0 amide bonds. The van der Waals surface area contributed by atoms with Crippen LogP contribution in [0.4, 0.5) is 0 Å². The van der Waals surface area contributed by atoms with Gasteiger partial charge in [-0.1, -0.05) is 0 Å². The molecule has 0 saturated carbocycles. The van der Waals surface area contributed by atoms with Gasteiger partial charge in [-0.25, -0.2) is 9.78 Å². The van der Waals surface area contributed by atoms with Gasteiger partial charge in [-0.2, -0.15) is 0 Å². The summed E-state index contributed by atoms with van der Waals surface area (Å²) in [6.45, 7) is 3.79. The minimum absolute atomic E-state index is 0.285. The molecule has 16 heavy (non-hydrogen) atoms. The average molecular weight is 238 g/mol. The summed E-state index contributed by atoms with van der Waals surface area (Å²) >= 11 is 1.32. The summed E-state index contributed by atoms with van der Waals surface area (Å²) in [5.41, 5.74) is 0.0219. The number of aryl methyl sites for hydroxylation is 1. The van der Waals surface area contributed by atoms with E-state index < -0.39 is 5.97 Å². The van der Waals surface area contributed by atoms with Gasteiger partial charge in [0.25, 0.3) is 5.56 Å². The Kier molecular flexibility index (Phi) is 2.74. The van der Waals surface area contributed by atoms with E-state index in [9.17, 15) is 9.59 Å². The predicted octanol–water partition coefficient (Wildman–Crippen LogP) is 1.47. The number of nitrogens with zero attached hydrogens (tertiary/aromatic N) is 1. The number of carbonyl (C=O) groups is 1. The SMILES string of the molecule is CCOC(=O)c1c(C)sc2nc[nH]c(=O)c12. The molecule has 0 saturated heterocycles. The highest BCUT2D eigenvalue weighted by Gasteiger charge is 2.20. The third-order valence-corrected chi connectivity index (χ3v) is 3.16. The molecule has 0 aliphatic carbocycles. The van der Waals surface area contributed by atoms with Crippen LogP contribution in [0.15, 0.2) is 11.1 Å². The highest BCUT2D eigenvalue weighted by Crippen LogP contribution is 2.26. The number of hydrogen-bond acceptors (Lipinski definition) is 5. The van der Waals surface area contributed by atoms with Gasteiger partial charge in [0.15, 0.2) is 0 Å². The van der Waals surface area contributed by atoms with Crippen LogP contribution in [0.1, 0.15) is 22.2 Å². The van der Waals surface area contributed by atoms with Gasteiger partial charge < -0.3 is 9.72 Å². The zero-order valence-corrected chi connectivity index (χ0v) is 9.68. The van der Waals surface area contributed by atoms with E-state index >= 15 is 0 Å². The molecule has 2 aromatic rings. The summed E-state index contributed by atoms with van der Waals surface area (Å²) in [5, 5.41) is 0.323. The van der Waals surface area contributed by atoms with Crippen LogP contribution < -0.4 is 5.56 Å². The molecule has 2 heterocycles. The second-order valence-corrected chi connectivity index (χ2v) is 4.37. The highest BCUT2D eigenvalue weighted by molar-refractivity contribution is 7.19. The number of nitrogens with one attached hydrogen (secondary N) is 1. The summed E-state index contributed by atoms with van der Waals surface area (Å²) in [7, 11) is 0. The molecule has 1 N–H and O–H groups in total. The summed E-state index contributed by atoms with van der Waals surface area (Å²) in [4.78, 5) is 31.1. The fraction of sp³-hybridized carbons (Fsp3) is 0.300. The Morgan fingerprint density at radius 1 is 1.62 bits per heavy atom. The number of fused-ring (bicyclic) bond motifs is 1. The van der Waals surface area contributed by atoms with Gasteiger partial charge in [0, 0.05) is 4.88 Å². The quantitative estimate of drug-likeness (QED) is 0.804. The van der Waals surface area contributed by atoms with Crippen molar-refractivity contribution in [3.63, 3.8) is 0 Å². The van der Waals surface area contributed by atoms with E-state index in [0.29, 0.717) is 15.8 Å². The number of aromatic nitrogens is 2. The summed E-state index contributed by atoms with van der Waals surface area (Å²) in [6, 6.07) is 0. The molecular formula is C10H10N2O3S. The van der Waals surface area contributed by atoms with E-state index in [2.05, 4.69) is 9.97 Å². The Balaban J connectivity index is 2.73. The first-order valence-electron chi connectivity index (χ1n) is 4.79. The van der Waals surface area contributed by atoms with Gasteiger partial charge >= 0.3 is 5.97 Å². The normalized spacial score (nSPS) is 10.6. The summed E-state index contributed by atoms with van der Waals surface area (Å²) in [6.07, 6.45) is 1.33. The third kappa shape index (κ3) is 1.61. The van der Waals surface area contributed by atoms with Crippen molar-refractivity contribution in [2.24, 2.45) is 0 Å². The maximum atomic E-state index is 11.7. The number of esters is 1. The van der Waals surface area contributed by atoms with Gasteiger partial charge in [0.1, 0.15) is 4.83 Å². The first-order valence-corrected chi connectivity index (χ1v) is 5.60. The molecule has 0 atom stereocenters. The molecule has 0 fully saturated rings. The number of hydrogen-bond donors (Lipinski definition) is 1. The highest BCUT2D eigenvalue weighted by atomic mass is 32.1. The molecule has 2 aromatic heterocycles. The molecule has 0 radical (unpaired) electrons. The zero-order valence-electron chi connectivity index (χ0n) is 8.86. The van der Waals surface area contributed by atoms with Gasteiger partial charge in [-0.3, -0.25) is 4.79 Å². The van der Waals surface area contributed by atoms with Gasteiger partial charge in [0.05, 0.1) is 23.9 Å². The van der Waals surface area contributed by atoms with E-state index in [-0.39, 0.29) is 12.2 Å². The standard InChI is InChI=1S/C10H10N2O3S/c1-3-15-10(14)6-5(2)16-9-7(6)8(13)11-4-12-9/h4H,3H2,1-2H3,(H,11,12,13). The monoisotopic (exact) mass is 238 g/mol. The lowest BCUT2D eigenvalue weighted by molar-refractivity contribution is 0.0528. The third-order valence-electron chi connectivity index (χ3n) is 2.15. The van der Waals surface area contributed by atoms with Crippen LogP contribution >= 0.6 is 11.3 Å². The maximum absolute atomic E-state index is 11.7. The van der Waals surface area contributed by atoms with Crippen molar-refractivity contribution in [1.82, 2.24) is 9.97 Å². The topological polar surface area (TPSA) is 72.0 Å². The van der Waals surface area contributed by atoms with Gasteiger partial charge in [-0.05, 0) is 13.8 Å². The van der Waals surface area contributed by atoms with Crippen LogP contribution in [0.5, 0.6) is 0 Å². The van der Waals surface area contributed by atoms with Crippen LogP contribution in [0.2, 0.25) is 0 Å². The molecule has 84 valence electrons. The number of thiophene rings is 1. The molecule has 6 heteroatoms. The zero-order chi connectivity index (χ0) is 11.7. The van der Waals surface area contributed by atoms with Crippen molar-refractivity contribution in [1.29, 1.82) is 0 Å². The first kappa shape index (κ1) is 10.8. The van der Waals surface area contributed by atoms with E-state index in [1.165, 1.54) is 17.7 Å². The van der Waals surface area contributed by atoms with Crippen molar-refractivity contribution in [2.75, 3.05) is 6.61 Å². The van der Waals surface area contributed by atoms with Crippen molar-refractivity contribution >= 4 is 27.5 Å². The Labute approximate surface area is 95.1 Å². The number of carbonyl (C=O) groups excluding carboxylic acids is 1. The van der Waals surface area contributed by atoms with Crippen molar-refractivity contribution in [2.45, 2.75) is 13.8 Å². The molecule has 0 aromatic carbocycles. The number of ether oxygens (including phenoxy) is 1. The van der Waals surface area contributed by atoms with Crippen LogP contribution in [0, 0.1) is 6.92 Å². The van der Waals surface area contributed by atoms with Crippen molar-refractivity contribution in [3.8, 4) is 0 Å². The van der Waals surface area contributed by atoms with Crippen LogP contribution in [0.25, 0.3) is 10.2 Å². The van der Waals surface area contributed by atoms with Crippen LogP contribution in [-0.4, -0.2) is 22.5 Å². The smallest absolute Gasteiger partial charge is 0.340 e. The fourth-order valence-electron chi connectivity index (χ4n) is 1.50. The minimum atomic E-state index is -0.468. The van der Waals surface area contributed by atoms with Crippen LogP contribution in [-0.2, 0) is 4.74 Å². The maximum Gasteiger partial charge on any atom is 0.340 e. The molecule has 0 bridgehead atoms. The van der Waals surface area contributed by atoms with Crippen molar-refractivity contribution in [3.05, 3.63) is 27.1 Å². The molecule has 5 nitrogen and oxygen atoms in total. The molecule has 0 aliphatic heterocycles. The van der Waals surface area contributed by atoms with E-state index in [4.69, 9.17) is 4.74 Å². The lowest BCUT2D eigenvalue weighted by atomic mass is 10.2. The largest absolute Gasteiger partial charge is 0.462 e. The Morgan fingerprint density at radius 2 is 2.38 bits per heavy atom. The molecule has 0 unspecified atom stereocenters. The lowest BCUT2D eigenvalue weighted by Crippen LogP contribution is -2.12. The fourth-order valence-corrected chi connectivity index (χ4v) is 2.48. The first-order chi connectivity index (χ1) is 7.65. The molecule has 0 spiro atoms. The van der Waals surface area contributed by atoms with E-state index in [1.807, 2.05) is 0 Å². The second-order valence-electron chi connectivity index (χ2n) is 3.17. The Bertz CT molecular complexity index is 600. The molecule has 0 aliphatic rings. The van der Waals surface area contributed by atoms with Gasteiger partial charge in [-0.15, -0.1) is 11.3 Å². The minimum Gasteiger partial charge on any atom is -0.462 e. The second kappa shape index (κ2) is 4.05. The lowest BCUT2D eigenvalue weighted by Gasteiger charge is -2.00. The summed E-state index contributed by atoms with van der Waals surface area (Å²) < 4.78 is 4.92. The number of rotatable bonds is 2. The Morgan fingerprint density at radius 3 is 3.06 bits per heavy atom. The summed E-state index contributed by atoms with van der Waals surface area (Å²) in [5.74, 6) is -0.468. The van der Waals surface area contributed by atoms with Crippen LogP contribution in [0.3, 0.4) is 0 Å².